The predicted octanol–water partition coefficient (Wildman–Crippen LogP) is 16.7. The van der Waals surface area contributed by atoms with Crippen LogP contribution in [-0.4, -0.2) is 46.9 Å². The maximum atomic E-state index is 13.2. The molecule has 0 saturated heterocycles. The molecule has 3 N–H and O–H groups in total. The van der Waals surface area contributed by atoms with Crippen LogP contribution in [-0.2, 0) is 14.3 Å². The predicted molar refractivity (Wildman–Crippen MR) is 282 cm³/mol. The SMILES string of the molecule is CC/C=C\C/C=C\C/C=C\C/C=C\C/C=C\CCCCCC(=O)OC(CCCCCC/C=C/C=C/CCCCC)CC(=O)NC(CO)C(O)CCCCCCCCCCCCCCCC. The third kappa shape index (κ3) is 47.3. The van der Waals surface area contributed by atoms with Crippen LogP contribution in [0.1, 0.15) is 252 Å². The van der Waals surface area contributed by atoms with E-state index in [0.29, 0.717) is 19.3 Å². The standard InChI is InChI=1S/C59H103NO5/c1-4-7-10-13-16-19-22-25-27-28-29-30-31-34-37-40-43-46-49-52-59(64)65-55(50-47-44-41-38-35-32-24-21-18-15-12-9-6-3)53-58(63)60-56(54-61)57(62)51-48-45-42-39-36-33-26-23-20-17-14-11-8-5-2/h7,10,16,18-19,21,24-25,27,29-30,32,34,37,55-57,61-62H,4-6,8-9,11-15,17,20,22-23,26,28,31,33,35-36,38-54H2,1-3H3,(H,60,63)/b10-7-,19-16-,21-18+,27-25-,30-29-,32-24+,37-34-. The van der Waals surface area contributed by atoms with Crippen LogP contribution < -0.4 is 5.32 Å². The lowest BCUT2D eigenvalue weighted by molar-refractivity contribution is -0.151. The van der Waals surface area contributed by atoms with Crippen molar-refractivity contribution in [2.24, 2.45) is 0 Å². The molecule has 0 aromatic carbocycles. The van der Waals surface area contributed by atoms with E-state index in [1.807, 2.05) is 0 Å². The molecule has 0 aliphatic heterocycles. The van der Waals surface area contributed by atoms with Crippen LogP contribution in [0.2, 0.25) is 0 Å². The summed E-state index contributed by atoms with van der Waals surface area (Å²) in [6.07, 6.45) is 67.8. The van der Waals surface area contributed by atoms with E-state index in [1.54, 1.807) is 0 Å². The number of allylic oxidation sites excluding steroid dienone is 14. The zero-order valence-electron chi connectivity index (χ0n) is 42.6. The summed E-state index contributed by atoms with van der Waals surface area (Å²) in [6.45, 7) is 6.33. The molecule has 0 aromatic rings. The second kappa shape index (κ2) is 52.0. The molecule has 6 heteroatoms. The Morgan fingerprint density at radius 3 is 1.38 bits per heavy atom. The largest absolute Gasteiger partial charge is 0.462 e. The highest BCUT2D eigenvalue weighted by Gasteiger charge is 2.24. The normalized spacial score (nSPS) is 13.9. The molecule has 0 fully saturated rings. The van der Waals surface area contributed by atoms with E-state index in [1.165, 1.54) is 89.9 Å². The van der Waals surface area contributed by atoms with E-state index < -0.39 is 18.2 Å². The Morgan fingerprint density at radius 2 is 0.877 bits per heavy atom. The van der Waals surface area contributed by atoms with Crippen LogP contribution in [0.4, 0.5) is 0 Å². The molecule has 0 heterocycles. The number of esters is 1. The summed E-state index contributed by atoms with van der Waals surface area (Å²) >= 11 is 0. The van der Waals surface area contributed by atoms with Gasteiger partial charge in [0.15, 0.2) is 0 Å². The first kappa shape index (κ1) is 62.0. The van der Waals surface area contributed by atoms with Crippen molar-refractivity contribution in [3.8, 4) is 0 Å². The smallest absolute Gasteiger partial charge is 0.306 e. The van der Waals surface area contributed by atoms with Gasteiger partial charge >= 0.3 is 5.97 Å². The number of ether oxygens (including phenoxy) is 1. The summed E-state index contributed by atoms with van der Waals surface area (Å²) in [6, 6.07) is -0.719. The van der Waals surface area contributed by atoms with Gasteiger partial charge in [-0.25, -0.2) is 0 Å². The maximum absolute atomic E-state index is 13.2. The highest BCUT2D eigenvalue weighted by molar-refractivity contribution is 5.77. The summed E-state index contributed by atoms with van der Waals surface area (Å²) in [7, 11) is 0. The zero-order chi connectivity index (χ0) is 47.4. The van der Waals surface area contributed by atoms with Crippen molar-refractivity contribution < 1.29 is 24.5 Å². The Balaban J connectivity index is 4.64. The number of carbonyl (C=O) groups is 2. The summed E-state index contributed by atoms with van der Waals surface area (Å²) in [5.74, 6) is -0.533. The molecule has 0 aromatic heterocycles. The van der Waals surface area contributed by atoms with E-state index in [9.17, 15) is 19.8 Å². The molecule has 0 spiro atoms. The van der Waals surface area contributed by atoms with Crippen LogP contribution >= 0.6 is 0 Å². The summed E-state index contributed by atoms with van der Waals surface area (Å²) in [5, 5.41) is 23.8. The monoisotopic (exact) mass is 906 g/mol. The van der Waals surface area contributed by atoms with Crippen molar-refractivity contribution in [1.29, 1.82) is 0 Å². The Hall–Kier alpha value is -2.96. The Kier molecular flexibility index (Phi) is 49.6. The van der Waals surface area contributed by atoms with Crippen molar-refractivity contribution in [2.75, 3.05) is 6.61 Å². The number of nitrogens with one attached hydrogen (secondary N) is 1. The van der Waals surface area contributed by atoms with Gasteiger partial charge in [0.1, 0.15) is 6.10 Å². The minimum absolute atomic E-state index is 0.0468. The summed E-state index contributed by atoms with van der Waals surface area (Å²) in [5.41, 5.74) is 0. The average molecular weight is 906 g/mol. The molecule has 0 radical (unpaired) electrons. The quantitative estimate of drug-likeness (QED) is 0.0245. The van der Waals surface area contributed by atoms with E-state index >= 15 is 0 Å². The first-order chi connectivity index (χ1) is 32.0. The van der Waals surface area contributed by atoms with Gasteiger partial charge in [0.2, 0.25) is 5.91 Å². The van der Waals surface area contributed by atoms with Gasteiger partial charge in [-0.05, 0) is 96.3 Å². The second-order valence-electron chi connectivity index (χ2n) is 18.3. The maximum Gasteiger partial charge on any atom is 0.306 e. The van der Waals surface area contributed by atoms with E-state index in [2.05, 4.69) is 111 Å². The fourth-order valence-corrected chi connectivity index (χ4v) is 7.86. The number of rotatable bonds is 48. The van der Waals surface area contributed by atoms with Gasteiger partial charge in [-0.15, -0.1) is 0 Å². The lowest BCUT2D eigenvalue weighted by Crippen LogP contribution is -2.46. The van der Waals surface area contributed by atoms with Crippen LogP contribution in [0.25, 0.3) is 0 Å². The number of hydrogen-bond acceptors (Lipinski definition) is 5. The van der Waals surface area contributed by atoms with Gasteiger partial charge in [-0.2, -0.15) is 0 Å². The number of aliphatic hydroxyl groups excluding tert-OH is 2. The molecule has 65 heavy (non-hydrogen) atoms. The number of unbranched alkanes of at least 4 members (excludes halogenated alkanes) is 23. The Bertz CT molecular complexity index is 1250. The van der Waals surface area contributed by atoms with Crippen molar-refractivity contribution in [3.63, 3.8) is 0 Å². The molecular formula is C59H103NO5. The number of aliphatic hydroxyl groups is 2. The fourth-order valence-electron chi connectivity index (χ4n) is 7.86. The number of carbonyl (C=O) groups excluding carboxylic acids is 2. The van der Waals surface area contributed by atoms with Gasteiger partial charge in [0.25, 0.3) is 0 Å². The molecular weight excluding hydrogens is 803 g/mol. The third-order valence-electron chi connectivity index (χ3n) is 12.0. The summed E-state index contributed by atoms with van der Waals surface area (Å²) in [4.78, 5) is 26.2. The van der Waals surface area contributed by atoms with Crippen molar-refractivity contribution in [3.05, 3.63) is 85.1 Å². The van der Waals surface area contributed by atoms with Crippen molar-refractivity contribution >= 4 is 11.9 Å². The molecule has 3 atom stereocenters. The molecule has 0 rings (SSSR count). The number of amides is 1. The molecule has 1 amide bonds. The summed E-state index contributed by atoms with van der Waals surface area (Å²) < 4.78 is 5.92. The van der Waals surface area contributed by atoms with Gasteiger partial charge in [-0.1, -0.05) is 228 Å². The Morgan fingerprint density at radius 1 is 0.477 bits per heavy atom. The molecule has 0 aliphatic rings. The zero-order valence-corrected chi connectivity index (χ0v) is 42.6. The molecule has 3 unspecified atom stereocenters. The van der Waals surface area contributed by atoms with Gasteiger partial charge in [0.05, 0.1) is 25.2 Å². The Labute approximate surface area is 402 Å². The van der Waals surface area contributed by atoms with Gasteiger partial charge in [-0.3, -0.25) is 9.59 Å². The van der Waals surface area contributed by atoms with E-state index in [0.717, 1.165) is 116 Å². The molecule has 0 aliphatic carbocycles. The van der Waals surface area contributed by atoms with Gasteiger partial charge in [0, 0.05) is 6.42 Å². The highest BCUT2D eigenvalue weighted by Crippen LogP contribution is 2.17. The van der Waals surface area contributed by atoms with Gasteiger partial charge < -0.3 is 20.3 Å². The molecule has 374 valence electrons. The minimum atomic E-state index is -0.803. The minimum Gasteiger partial charge on any atom is -0.462 e. The van der Waals surface area contributed by atoms with E-state index in [4.69, 9.17) is 4.74 Å². The highest BCUT2D eigenvalue weighted by atomic mass is 16.5. The number of hydrogen-bond donors (Lipinski definition) is 3. The average Bonchev–Trinajstić information content (AvgIpc) is 3.30. The molecule has 0 bridgehead atoms. The van der Waals surface area contributed by atoms with Crippen LogP contribution in [0.15, 0.2) is 85.1 Å². The lowest BCUT2D eigenvalue weighted by Gasteiger charge is -2.24. The second-order valence-corrected chi connectivity index (χ2v) is 18.3. The molecule has 0 saturated carbocycles. The topological polar surface area (TPSA) is 95.9 Å². The first-order valence-corrected chi connectivity index (χ1v) is 27.3. The first-order valence-electron chi connectivity index (χ1n) is 27.3. The molecule has 6 nitrogen and oxygen atoms in total. The van der Waals surface area contributed by atoms with Crippen LogP contribution in [0.3, 0.4) is 0 Å². The fraction of sp³-hybridized carbons (Fsp3) is 0.729. The van der Waals surface area contributed by atoms with Crippen molar-refractivity contribution in [1.82, 2.24) is 5.32 Å². The van der Waals surface area contributed by atoms with E-state index in [-0.39, 0.29) is 24.9 Å². The van der Waals surface area contributed by atoms with Crippen LogP contribution in [0.5, 0.6) is 0 Å². The van der Waals surface area contributed by atoms with Crippen LogP contribution in [0, 0.1) is 0 Å². The van der Waals surface area contributed by atoms with Crippen molar-refractivity contribution in [2.45, 2.75) is 270 Å². The lowest BCUT2D eigenvalue weighted by atomic mass is 10.0. The third-order valence-corrected chi connectivity index (χ3v) is 12.0.